The summed E-state index contributed by atoms with van der Waals surface area (Å²) >= 11 is 1.30. The van der Waals surface area contributed by atoms with Crippen LogP contribution < -0.4 is 21.7 Å². The summed E-state index contributed by atoms with van der Waals surface area (Å²) in [5, 5.41) is 3.90. The van der Waals surface area contributed by atoms with Crippen molar-refractivity contribution in [3.05, 3.63) is 46.1 Å². The number of nitrogens with zero attached hydrogens (tertiary/aromatic N) is 3. The Morgan fingerprint density at radius 1 is 1.24 bits per heavy atom. The Kier molecular flexibility index (Phi) is 5.65. The molecule has 174 valence electrons. The Bertz CT molecular complexity index is 1220. The summed E-state index contributed by atoms with van der Waals surface area (Å²) in [6, 6.07) is 5.89. The Hall–Kier alpha value is -2.85. The number of hydrogen-bond acceptors (Lipinski definition) is 7. The van der Waals surface area contributed by atoms with Gasteiger partial charge < -0.3 is 21.7 Å². The smallest absolute Gasteiger partial charge is 0.263 e. The number of nitrogens with two attached hydrogens (primary N) is 2. The Morgan fingerprint density at radius 2 is 2.06 bits per heavy atom. The van der Waals surface area contributed by atoms with Crippen molar-refractivity contribution in [2.75, 3.05) is 17.2 Å². The van der Waals surface area contributed by atoms with Crippen molar-refractivity contribution in [2.24, 2.45) is 5.73 Å². The highest BCUT2D eigenvalue weighted by Crippen LogP contribution is 2.33. The van der Waals surface area contributed by atoms with Gasteiger partial charge in [-0.25, -0.2) is 18.7 Å². The van der Waals surface area contributed by atoms with Crippen LogP contribution in [0, 0.1) is 6.92 Å². The van der Waals surface area contributed by atoms with E-state index in [-0.39, 0.29) is 11.9 Å². The number of thiophene rings is 1. The number of carbonyl (C=O) groups is 1. The minimum Gasteiger partial charge on any atom is -0.397 e. The van der Waals surface area contributed by atoms with Gasteiger partial charge in [-0.05, 0) is 56.4 Å². The summed E-state index contributed by atoms with van der Waals surface area (Å²) in [5.41, 5.74) is 15.4. The Labute approximate surface area is 194 Å². The first kappa shape index (κ1) is 22.0. The number of nitrogen functional groups attached to an aromatic ring is 1. The zero-order chi connectivity index (χ0) is 23.3. The molecule has 1 fully saturated rings. The van der Waals surface area contributed by atoms with Crippen molar-refractivity contribution in [3.63, 3.8) is 0 Å². The molecule has 7 nitrogen and oxygen atoms in total. The molecule has 0 spiro atoms. The van der Waals surface area contributed by atoms with Gasteiger partial charge >= 0.3 is 0 Å². The second-order valence-corrected chi connectivity index (χ2v) is 9.81. The van der Waals surface area contributed by atoms with E-state index in [1.807, 2.05) is 25.1 Å². The summed E-state index contributed by atoms with van der Waals surface area (Å²) in [7, 11) is 0. The van der Waals surface area contributed by atoms with Gasteiger partial charge in [-0.1, -0.05) is 6.07 Å². The predicted octanol–water partition coefficient (Wildman–Crippen LogP) is 3.04. The maximum Gasteiger partial charge on any atom is 0.263 e. The van der Waals surface area contributed by atoms with Gasteiger partial charge in [0.05, 0.1) is 5.69 Å². The molecule has 1 aliphatic heterocycles. The molecule has 2 aliphatic rings. The minimum absolute atomic E-state index is 0.0500. The van der Waals surface area contributed by atoms with Gasteiger partial charge in [0.2, 0.25) is 0 Å². The van der Waals surface area contributed by atoms with Crippen molar-refractivity contribution in [1.29, 1.82) is 0 Å². The first-order valence-corrected chi connectivity index (χ1v) is 11.9. The highest BCUT2D eigenvalue weighted by atomic mass is 32.1. The lowest BCUT2D eigenvalue weighted by Gasteiger charge is -2.29. The highest BCUT2D eigenvalue weighted by molar-refractivity contribution is 7.21. The maximum atomic E-state index is 13.5. The fourth-order valence-electron chi connectivity index (χ4n) is 4.82. The number of pyridine rings is 2. The van der Waals surface area contributed by atoms with Crippen LogP contribution in [0.4, 0.5) is 20.3 Å². The summed E-state index contributed by atoms with van der Waals surface area (Å²) in [4.78, 5) is 25.0. The molecule has 3 aromatic heterocycles. The third-order valence-corrected chi connectivity index (χ3v) is 7.69. The molecule has 1 saturated heterocycles. The van der Waals surface area contributed by atoms with Gasteiger partial charge in [-0.15, -0.1) is 11.3 Å². The molecule has 0 saturated carbocycles. The number of halogens is 2. The lowest BCUT2D eigenvalue weighted by Crippen LogP contribution is -2.45. The number of hydrogen-bond donors (Lipinski definition) is 3. The van der Waals surface area contributed by atoms with E-state index in [1.54, 1.807) is 11.0 Å². The van der Waals surface area contributed by atoms with E-state index in [9.17, 15) is 13.6 Å². The minimum atomic E-state index is -2.51. The van der Waals surface area contributed by atoms with Crippen molar-refractivity contribution >= 4 is 39.0 Å². The molecular formula is C23H26F2N6OS. The van der Waals surface area contributed by atoms with Crippen LogP contribution in [0.1, 0.15) is 39.5 Å². The molecule has 0 bridgehead atoms. The van der Waals surface area contributed by atoms with Gasteiger partial charge in [0.25, 0.3) is 12.3 Å². The maximum absolute atomic E-state index is 13.5. The van der Waals surface area contributed by atoms with E-state index in [1.165, 1.54) is 11.3 Å². The van der Waals surface area contributed by atoms with Crippen LogP contribution in [-0.4, -0.2) is 47.0 Å². The van der Waals surface area contributed by atoms with Crippen molar-refractivity contribution < 1.29 is 13.6 Å². The first-order valence-electron chi connectivity index (χ1n) is 11.1. The number of amides is 1. The van der Waals surface area contributed by atoms with Crippen LogP contribution in [0.3, 0.4) is 0 Å². The van der Waals surface area contributed by atoms with Gasteiger partial charge in [-0.2, -0.15) is 0 Å². The number of aromatic nitrogens is 2. The van der Waals surface area contributed by atoms with Crippen LogP contribution in [0.2, 0.25) is 0 Å². The number of fused-ring (bicyclic) bond motifs is 2. The standard InChI is InChI=1S/C23H26F2N6OS/c1-11-2-5-14-18(27)20(33-23(14)28-11)22(32)29-13-4-6-16-12(10-13)3-7-17(30-16)31-9-8-15(26)19(31)21(24)25/h2-3,5,7,13,15,19,21H,4,6,8-10,26-27H2,1H3,(H,29,32)/t13-,15-,19-/m0/s1. The molecule has 0 radical (unpaired) electrons. The molecule has 3 atom stereocenters. The number of aryl methyl sites for hydroxylation is 2. The van der Waals surface area contributed by atoms with E-state index in [0.717, 1.165) is 33.6 Å². The molecule has 5 rings (SSSR count). The van der Waals surface area contributed by atoms with Crippen LogP contribution >= 0.6 is 11.3 Å². The number of rotatable bonds is 4. The number of carbonyl (C=O) groups excluding carboxylic acids is 1. The Morgan fingerprint density at radius 3 is 2.85 bits per heavy atom. The molecule has 0 aromatic carbocycles. The fourth-order valence-corrected chi connectivity index (χ4v) is 5.86. The molecule has 10 heteroatoms. The molecule has 1 aliphatic carbocycles. The predicted molar refractivity (Wildman–Crippen MR) is 126 cm³/mol. The average Bonchev–Trinajstić information content (AvgIpc) is 3.33. The summed E-state index contributed by atoms with van der Waals surface area (Å²) in [5.74, 6) is 0.354. The van der Waals surface area contributed by atoms with Crippen molar-refractivity contribution in [3.8, 4) is 0 Å². The van der Waals surface area contributed by atoms with E-state index in [4.69, 9.17) is 11.5 Å². The summed E-state index contributed by atoms with van der Waals surface area (Å²) < 4.78 is 27.0. The van der Waals surface area contributed by atoms with Gasteiger partial charge in [0.15, 0.2) is 0 Å². The molecule has 1 amide bonds. The number of nitrogens with one attached hydrogen (secondary N) is 1. The second-order valence-electron chi connectivity index (χ2n) is 8.81. The second kappa shape index (κ2) is 8.49. The highest BCUT2D eigenvalue weighted by Gasteiger charge is 2.39. The summed E-state index contributed by atoms with van der Waals surface area (Å²) in [6.07, 6.45) is 0.0254. The molecule has 33 heavy (non-hydrogen) atoms. The molecule has 3 aromatic rings. The normalized spacial score (nSPS) is 22.7. The van der Waals surface area contributed by atoms with Gasteiger partial charge in [0, 0.05) is 35.4 Å². The monoisotopic (exact) mass is 472 g/mol. The first-order chi connectivity index (χ1) is 15.8. The zero-order valence-corrected chi connectivity index (χ0v) is 19.0. The fraction of sp³-hybridized carbons (Fsp3) is 0.435. The van der Waals surface area contributed by atoms with Crippen LogP contribution in [0.5, 0.6) is 0 Å². The lowest BCUT2D eigenvalue weighted by atomic mass is 9.91. The quantitative estimate of drug-likeness (QED) is 0.538. The van der Waals surface area contributed by atoms with Gasteiger partial charge in [-0.3, -0.25) is 4.79 Å². The van der Waals surface area contributed by atoms with Crippen molar-refractivity contribution in [2.45, 2.75) is 57.2 Å². The Balaban J connectivity index is 1.30. The van der Waals surface area contributed by atoms with E-state index in [0.29, 0.717) is 42.2 Å². The van der Waals surface area contributed by atoms with Gasteiger partial charge in [0.1, 0.15) is 21.6 Å². The lowest BCUT2D eigenvalue weighted by molar-refractivity contribution is 0.0938. The molecule has 5 N–H and O–H groups in total. The third-order valence-electron chi connectivity index (χ3n) is 6.58. The zero-order valence-electron chi connectivity index (χ0n) is 18.2. The largest absolute Gasteiger partial charge is 0.397 e. The third kappa shape index (κ3) is 4.02. The van der Waals surface area contributed by atoms with Crippen molar-refractivity contribution in [1.82, 2.24) is 15.3 Å². The van der Waals surface area contributed by atoms with Crippen LogP contribution in [0.25, 0.3) is 10.2 Å². The molecular weight excluding hydrogens is 446 g/mol. The average molecular weight is 473 g/mol. The topological polar surface area (TPSA) is 110 Å². The summed E-state index contributed by atoms with van der Waals surface area (Å²) in [6.45, 7) is 2.38. The van der Waals surface area contributed by atoms with Crippen LogP contribution in [-0.2, 0) is 12.8 Å². The van der Waals surface area contributed by atoms with E-state index in [2.05, 4.69) is 15.3 Å². The number of anilines is 2. The number of alkyl halides is 2. The molecule has 0 unspecified atom stereocenters. The van der Waals surface area contributed by atoms with Crippen LogP contribution in [0.15, 0.2) is 24.3 Å². The van der Waals surface area contributed by atoms with E-state index >= 15 is 0 Å². The SMILES string of the molecule is Cc1ccc2c(N)c(C(=O)N[C@H]3CCc4nc(N5CC[C@H](N)[C@H]5C(F)F)ccc4C3)sc2n1. The van der Waals surface area contributed by atoms with E-state index < -0.39 is 18.5 Å². The molecule has 4 heterocycles.